The fourth-order valence-corrected chi connectivity index (χ4v) is 1.63. The van der Waals surface area contributed by atoms with Crippen molar-refractivity contribution in [3.63, 3.8) is 0 Å². The maximum absolute atomic E-state index is 12.0. The first-order chi connectivity index (χ1) is 8.29. The highest BCUT2D eigenvalue weighted by Crippen LogP contribution is 2.15. The Bertz CT molecular complexity index is 350. The highest BCUT2D eigenvalue weighted by molar-refractivity contribution is 6.00. The van der Waals surface area contributed by atoms with E-state index in [1.54, 1.807) is 6.20 Å². The molecule has 1 N–H and O–H groups in total. The Kier molecular flexibility index (Phi) is 6.30. The van der Waals surface area contributed by atoms with Crippen molar-refractivity contribution in [3.05, 3.63) is 23.9 Å². The molecule has 0 spiro atoms. The van der Waals surface area contributed by atoms with Crippen LogP contribution in [0.5, 0.6) is 0 Å². The first-order valence-electron chi connectivity index (χ1n) is 6.51. The van der Waals surface area contributed by atoms with Crippen molar-refractivity contribution in [2.24, 2.45) is 0 Å². The van der Waals surface area contributed by atoms with E-state index >= 15 is 0 Å². The normalized spacial score (nSPS) is 10.2. The Balaban J connectivity index is 2.66. The molecule has 1 aromatic heterocycles. The Morgan fingerprint density at radius 2 is 2.06 bits per heavy atom. The molecular formula is C14H22N2O. The number of carbonyl (C=O) groups excluding carboxylic acids is 1. The minimum Gasteiger partial charge on any atom is -0.369 e. The molecule has 3 heteroatoms. The SMILES string of the molecule is CCCCNc1ncccc1C(=O)CCCC. The number of rotatable bonds is 8. The van der Waals surface area contributed by atoms with Gasteiger partial charge >= 0.3 is 0 Å². The predicted molar refractivity (Wildman–Crippen MR) is 71.5 cm³/mol. The lowest BCUT2D eigenvalue weighted by molar-refractivity contribution is 0.0980. The number of nitrogens with one attached hydrogen (secondary N) is 1. The lowest BCUT2D eigenvalue weighted by Crippen LogP contribution is -2.09. The summed E-state index contributed by atoms with van der Waals surface area (Å²) >= 11 is 0. The predicted octanol–water partition coefficient (Wildman–Crippen LogP) is 3.67. The fourth-order valence-electron chi connectivity index (χ4n) is 1.63. The molecule has 94 valence electrons. The van der Waals surface area contributed by atoms with Crippen molar-refractivity contribution >= 4 is 11.6 Å². The molecule has 0 bridgehead atoms. The molecule has 0 amide bonds. The summed E-state index contributed by atoms with van der Waals surface area (Å²) < 4.78 is 0. The molecule has 1 heterocycles. The van der Waals surface area contributed by atoms with Gasteiger partial charge in [-0.2, -0.15) is 0 Å². The van der Waals surface area contributed by atoms with Gasteiger partial charge in [-0.25, -0.2) is 4.98 Å². The highest BCUT2D eigenvalue weighted by atomic mass is 16.1. The van der Waals surface area contributed by atoms with Gasteiger partial charge in [-0.15, -0.1) is 0 Å². The molecule has 0 saturated heterocycles. The van der Waals surface area contributed by atoms with E-state index in [1.807, 2.05) is 12.1 Å². The minimum absolute atomic E-state index is 0.193. The Hall–Kier alpha value is -1.38. The van der Waals surface area contributed by atoms with Gasteiger partial charge in [-0.3, -0.25) is 4.79 Å². The molecule has 1 rings (SSSR count). The number of pyridine rings is 1. The number of hydrogen-bond donors (Lipinski definition) is 1. The second kappa shape index (κ2) is 7.82. The molecule has 0 atom stereocenters. The van der Waals surface area contributed by atoms with Gasteiger partial charge in [-0.05, 0) is 25.0 Å². The first-order valence-corrected chi connectivity index (χ1v) is 6.51. The molecule has 3 nitrogen and oxygen atoms in total. The van der Waals surface area contributed by atoms with Gasteiger partial charge in [-0.1, -0.05) is 26.7 Å². The monoisotopic (exact) mass is 234 g/mol. The molecule has 0 aromatic carbocycles. The molecule has 0 radical (unpaired) electrons. The van der Waals surface area contributed by atoms with Crippen LogP contribution in [0.15, 0.2) is 18.3 Å². The standard InChI is InChI=1S/C14H22N2O/c1-3-5-9-13(17)12-8-7-11-16-14(12)15-10-6-4-2/h7-8,11H,3-6,9-10H2,1-2H3,(H,15,16). The topological polar surface area (TPSA) is 42.0 Å². The number of ketones is 1. The van der Waals surface area contributed by atoms with E-state index in [4.69, 9.17) is 0 Å². The number of Topliss-reactive ketones (excluding diaryl/α,β-unsaturated/α-hetero) is 1. The van der Waals surface area contributed by atoms with Crippen molar-refractivity contribution in [2.45, 2.75) is 46.0 Å². The van der Waals surface area contributed by atoms with Crippen LogP contribution in [-0.4, -0.2) is 17.3 Å². The van der Waals surface area contributed by atoms with Crippen molar-refractivity contribution in [1.29, 1.82) is 0 Å². The average molecular weight is 234 g/mol. The van der Waals surface area contributed by atoms with Gasteiger partial charge in [0.05, 0.1) is 5.56 Å². The molecule has 0 saturated carbocycles. The van der Waals surface area contributed by atoms with Gasteiger partial charge in [0.1, 0.15) is 5.82 Å². The number of aromatic nitrogens is 1. The van der Waals surface area contributed by atoms with Crippen LogP contribution < -0.4 is 5.32 Å². The van der Waals surface area contributed by atoms with Crippen LogP contribution in [0, 0.1) is 0 Å². The maximum atomic E-state index is 12.0. The summed E-state index contributed by atoms with van der Waals surface area (Å²) in [5, 5.41) is 3.24. The van der Waals surface area contributed by atoms with Crippen molar-refractivity contribution in [3.8, 4) is 0 Å². The largest absolute Gasteiger partial charge is 0.369 e. The van der Waals surface area contributed by atoms with Gasteiger partial charge in [0.25, 0.3) is 0 Å². The second-order valence-electron chi connectivity index (χ2n) is 4.21. The molecule has 0 unspecified atom stereocenters. The summed E-state index contributed by atoms with van der Waals surface area (Å²) in [6.45, 7) is 5.12. The number of anilines is 1. The fraction of sp³-hybridized carbons (Fsp3) is 0.571. The Labute approximate surface area is 104 Å². The van der Waals surface area contributed by atoms with Gasteiger partial charge in [0, 0.05) is 19.2 Å². The van der Waals surface area contributed by atoms with E-state index in [0.29, 0.717) is 6.42 Å². The molecule has 0 fully saturated rings. The van der Waals surface area contributed by atoms with Crippen molar-refractivity contribution < 1.29 is 4.79 Å². The Morgan fingerprint density at radius 3 is 2.76 bits per heavy atom. The van der Waals surface area contributed by atoms with Crippen molar-refractivity contribution in [1.82, 2.24) is 4.98 Å². The number of unbranched alkanes of at least 4 members (excludes halogenated alkanes) is 2. The highest BCUT2D eigenvalue weighted by Gasteiger charge is 2.10. The van der Waals surface area contributed by atoms with Crippen LogP contribution >= 0.6 is 0 Å². The van der Waals surface area contributed by atoms with E-state index in [9.17, 15) is 4.79 Å². The second-order valence-corrected chi connectivity index (χ2v) is 4.21. The van der Waals surface area contributed by atoms with Crippen LogP contribution in [-0.2, 0) is 0 Å². The molecule has 0 aliphatic heterocycles. The summed E-state index contributed by atoms with van der Waals surface area (Å²) in [4.78, 5) is 16.2. The van der Waals surface area contributed by atoms with E-state index in [0.717, 1.165) is 43.6 Å². The summed E-state index contributed by atoms with van der Waals surface area (Å²) in [5.74, 6) is 0.931. The zero-order valence-corrected chi connectivity index (χ0v) is 10.8. The number of nitrogens with zero attached hydrogens (tertiary/aromatic N) is 1. The molecule has 17 heavy (non-hydrogen) atoms. The summed E-state index contributed by atoms with van der Waals surface area (Å²) in [6.07, 6.45) is 6.57. The first kappa shape index (κ1) is 13.7. The van der Waals surface area contributed by atoms with Gasteiger partial charge in [0.2, 0.25) is 0 Å². The van der Waals surface area contributed by atoms with Gasteiger partial charge < -0.3 is 5.32 Å². The van der Waals surface area contributed by atoms with Crippen LogP contribution in [0.2, 0.25) is 0 Å². The zero-order valence-electron chi connectivity index (χ0n) is 10.8. The van der Waals surface area contributed by atoms with Crippen LogP contribution in [0.1, 0.15) is 56.3 Å². The van der Waals surface area contributed by atoms with Crippen LogP contribution in [0.3, 0.4) is 0 Å². The molecular weight excluding hydrogens is 212 g/mol. The zero-order chi connectivity index (χ0) is 12.5. The minimum atomic E-state index is 0.193. The quantitative estimate of drug-likeness (QED) is 0.551. The third kappa shape index (κ3) is 4.55. The average Bonchev–Trinajstić information content (AvgIpc) is 2.37. The number of carbonyl (C=O) groups is 1. The lowest BCUT2D eigenvalue weighted by atomic mass is 10.1. The lowest BCUT2D eigenvalue weighted by Gasteiger charge is -2.09. The van der Waals surface area contributed by atoms with E-state index in [2.05, 4.69) is 24.1 Å². The third-order valence-corrected chi connectivity index (χ3v) is 2.69. The van der Waals surface area contributed by atoms with Crippen LogP contribution in [0.25, 0.3) is 0 Å². The van der Waals surface area contributed by atoms with E-state index in [1.165, 1.54) is 0 Å². The van der Waals surface area contributed by atoms with E-state index < -0.39 is 0 Å². The summed E-state index contributed by atoms with van der Waals surface area (Å²) in [5.41, 5.74) is 0.733. The molecule has 1 aromatic rings. The third-order valence-electron chi connectivity index (χ3n) is 2.69. The van der Waals surface area contributed by atoms with Crippen LogP contribution in [0.4, 0.5) is 5.82 Å². The Morgan fingerprint density at radius 1 is 1.29 bits per heavy atom. The molecule has 0 aliphatic carbocycles. The maximum Gasteiger partial charge on any atom is 0.166 e. The number of hydrogen-bond acceptors (Lipinski definition) is 3. The smallest absolute Gasteiger partial charge is 0.166 e. The summed E-state index contributed by atoms with van der Waals surface area (Å²) in [6, 6.07) is 3.68. The molecule has 0 aliphatic rings. The van der Waals surface area contributed by atoms with Gasteiger partial charge in [0.15, 0.2) is 5.78 Å². The van der Waals surface area contributed by atoms with E-state index in [-0.39, 0.29) is 5.78 Å². The summed E-state index contributed by atoms with van der Waals surface area (Å²) in [7, 11) is 0. The van der Waals surface area contributed by atoms with Crippen molar-refractivity contribution in [2.75, 3.05) is 11.9 Å².